The first-order valence-electron chi connectivity index (χ1n) is 13.2. The molecule has 3 amide bonds. The first-order valence-corrected chi connectivity index (χ1v) is 13.2. The van der Waals surface area contributed by atoms with E-state index < -0.39 is 0 Å². The van der Waals surface area contributed by atoms with Crippen molar-refractivity contribution in [2.45, 2.75) is 6.42 Å². The molecule has 0 spiro atoms. The first kappa shape index (κ1) is 25.6. The lowest BCUT2D eigenvalue weighted by Crippen LogP contribution is -2.51. The molecule has 0 atom stereocenters. The van der Waals surface area contributed by atoms with Crippen molar-refractivity contribution in [3.05, 3.63) is 54.8 Å². The fourth-order valence-corrected chi connectivity index (χ4v) is 5.13. The number of piperazine rings is 1. The topological polar surface area (TPSA) is 88.2 Å². The smallest absolute Gasteiger partial charge is 0.319 e. The van der Waals surface area contributed by atoms with E-state index in [2.05, 4.69) is 51.0 Å². The zero-order valence-electron chi connectivity index (χ0n) is 22.2. The molecule has 5 rings (SSSR count). The van der Waals surface area contributed by atoms with Crippen molar-refractivity contribution < 1.29 is 9.59 Å². The number of carbonyl (C=O) groups excluding carboxylic acids is 2. The van der Waals surface area contributed by atoms with E-state index in [1.807, 2.05) is 28.1 Å². The van der Waals surface area contributed by atoms with Gasteiger partial charge in [-0.05, 0) is 42.7 Å². The Hall–Kier alpha value is -4.08. The SMILES string of the molecule is C=CC(=O)N1CC(CCN2CC=Cc3cnc(Nc4ccc(N5CCN(C(=O)N(C)C)CC5)cc4)nc32)C1. The lowest BCUT2D eigenvalue weighted by atomic mass is 9.95. The molecule has 2 saturated heterocycles. The van der Waals surface area contributed by atoms with Crippen LogP contribution in [0.2, 0.25) is 0 Å². The summed E-state index contributed by atoms with van der Waals surface area (Å²) in [5.74, 6) is 2.04. The van der Waals surface area contributed by atoms with E-state index in [4.69, 9.17) is 4.98 Å². The van der Waals surface area contributed by atoms with Gasteiger partial charge in [0.1, 0.15) is 5.82 Å². The van der Waals surface area contributed by atoms with Gasteiger partial charge in [-0.2, -0.15) is 4.98 Å². The zero-order valence-corrected chi connectivity index (χ0v) is 22.2. The molecular weight excluding hydrogens is 480 g/mol. The Bertz CT molecular complexity index is 1200. The fraction of sp³-hybridized carbons (Fsp3) is 0.429. The monoisotopic (exact) mass is 516 g/mol. The molecule has 3 aliphatic heterocycles. The highest BCUT2D eigenvalue weighted by molar-refractivity contribution is 5.87. The summed E-state index contributed by atoms with van der Waals surface area (Å²) in [7, 11) is 3.58. The maximum atomic E-state index is 12.2. The number of aromatic nitrogens is 2. The molecule has 1 aromatic heterocycles. The number of hydrogen-bond acceptors (Lipinski definition) is 7. The second kappa shape index (κ2) is 11.1. The van der Waals surface area contributed by atoms with E-state index >= 15 is 0 Å². The van der Waals surface area contributed by atoms with Gasteiger partial charge in [-0.15, -0.1) is 0 Å². The van der Waals surface area contributed by atoms with Gasteiger partial charge in [0.15, 0.2) is 0 Å². The van der Waals surface area contributed by atoms with Crippen LogP contribution in [0.1, 0.15) is 12.0 Å². The minimum Gasteiger partial charge on any atom is -0.368 e. The number of amides is 3. The summed E-state index contributed by atoms with van der Waals surface area (Å²) in [4.78, 5) is 43.2. The minimum atomic E-state index is 0.0167. The quantitative estimate of drug-likeness (QED) is 0.566. The van der Waals surface area contributed by atoms with Crippen LogP contribution in [0.4, 0.5) is 27.9 Å². The summed E-state index contributed by atoms with van der Waals surface area (Å²) in [5.41, 5.74) is 3.08. The highest BCUT2D eigenvalue weighted by Gasteiger charge is 2.30. The van der Waals surface area contributed by atoms with E-state index in [0.717, 1.165) is 81.5 Å². The Kier molecular flexibility index (Phi) is 7.48. The van der Waals surface area contributed by atoms with Gasteiger partial charge in [-0.3, -0.25) is 4.79 Å². The molecule has 2 aromatic rings. The highest BCUT2D eigenvalue weighted by atomic mass is 16.2. The number of urea groups is 1. The summed E-state index contributed by atoms with van der Waals surface area (Å²) in [6, 6.07) is 8.34. The van der Waals surface area contributed by atoms with Crippen LogP contribution in [0.25, 0.3) is 6.08 Å². The largest absolute Gasteiger partial charge is 0.368 e. The predicted molar refractivity (Wildman–Crippen MR) is 151 cm³/mol. The van der Waals surface area contributed by atoms with E-state index in [1.54, 1.807) is 19.0 Å². The third-order valence-electron chi connectivity index (χ3n) is 7.39. The Morgan fingerprint density at radius 2 is 1.84 bits per heavy atom. The molecule has 10 heteroatoms. The lowest BCUT2D eigenvalue weighted by Gasteiger charge is -2.40. The number of anilines is 4. The van der Waals surface area contributed by atoms with Crippen molar-refractivity contribution in [1.29, 1.82) is 0 Å². The van der Waals surface area contributed by atoms with Crippen molar-refractivity contribution in [3.8, 4) is 0 Å². The van der Waals surface area contributed by atoms with Crippen LogP contribution >= 0.6 is 0 Å². The molecule has 4 heterocycles. The van der Waals surface area contributed by atoms with Gasteiger partial charge in [-0.25, -0.2) is 9.78 Å². The predicted octanol–water partition coefficient (Wildman–Crippen LogP) is 2.89. The number of likely N-dealkylation sites (tertiary alicyclic amines) is 1. The van der Waals surface area contributed by atoms with Crippen LogP contribution in [-0.2, 0) is 4.79 Å². The average Bonchev–Trinajstić information content (AvgIpc) is 2.92. The summed E-state index contributed by atoms with van der Waals surface area (Å²) in [6.07, 6.45) is 8.48. The van der Waals surface area contributed by atoms with Gasteiger partial charge in [0.25, 0.3) is 0 Å². The summed E-state index contributed by atoms with van der Waals surface area (Å²) < 4.78 is 0. The number of fused-ring (bicyclic) bond motifs is 1. The lowest BCUT2D eigenvalue weighted by molar-refractivity contribution is -0.132. The van der Waals surface area contributed by atoms with Gasteiger partial charge in [-0.1, -0.05) is 18.7 Å². The molecular formula is C28H36N8O2. The number of benzene rings is 1. The number of carbonyl (C=O) groups is 2. The zero-order chi connectivity index (χ0) is 26.6. The van der Waals surface area contributed by atoms with Gasteiger partial charge in [0.05, 0.1) is 0 Å². The Morgan fingerprint density at radius 3 is 2.53 bits per heavy atom. The summed E-state index contributed by atoms with van der Waals surface area (Å²) >= 11 is 0. The Balaban J connectivity index is 1.16. The molecule has 0 bridgehead atoms. The number of nitrogens with zero attached hydrogens (tertiary/aromatic N) is 7. The third kappa shape index (κ3) is 5.58. The van der Waals surface area contributed by atoms with Crippen LogP contribution < -0.4 is 15.1 Å². The van der Waals surface area contributed by atoms with Crippen molar-refractivity contribution in [3.63, 3.8) is 0 Å². The number of nitrogens with one attached hydrogen (secondary N) is 1. The van der Waals surface area contributed by atoms with E-state index in [-0.39, 0.29) is 11.9 Å². The normalized spacial score (nSPS) is 17.1. The third-order valence-corrected chi connectivity index (χ3v) is 7.39. The Morgan fingerprint density at radius 1 is 1.11 bits per heavy atom. The van der Waals surface area contributed by atoms with Crippen LogP contribution in [0.15, 0.2) is 49.2 Å². The summed E-state index contributed by atoms with van der Waals surface area (Å²) in [6.45, 7) is 9.94. The maximum Gasteiger partial charge on any atom is 0.319 e. The van der Waals surface area contributed by atoms with Crippen LogP contribution in [0, 0.1) is 5.92 Å². The average molecular weight is 517 g/mol. The molecule has 1 aromatic carbocycles. The molecule has 1 N–H and O–H groups in total. The first-order chi connectivity index (χ1) is 18.4. The van der Waals surface area contributed by atoms with E-state index in [1.165, 1.54) is 6.08 Å². The molecule has 38 heavy (non-hydrogen) atoms. The van der Waals surface area contributed by atoms with Gasteiger partial charge >= 0.3 is 6.03 Å². The van der Waals surface area contributed by atoms with Crippen LogP contribution in [0.3, 0.4) is 0 Å². The van der Waals surface area contributed by atoms with E-state index in [9.17, 15) is 9.59 Å². The number of hydrogen-bond donors (Lipinski definition) is 1. The molecule has 3 aliphatic rings. The highest BCUT2D eigenvalue weighted by Crippen LogP contribution is 2.28. The Labute approximate surface area is 224 Å². The fourth-order valence-electron chi connectivity index (χ4n) is 5.13. The standard InChI is InChI=1S/C28H36N8O2/c1-4-25(37)36-19-21(20-36)11-13-34-12-5-6-22-18-29-27(31-26(22)34)30-23-7-9-24(10-8-23)33-14-16-35(17-15-33)28(38)32(2)3/h4-10,18,21H,1,11-17,19-20H2,2-3H3,(H,29,30,31). The summed E-state index contributed by atoms with van der Waals surface area (Å²) in [5, 5.41) is 3.35. The maximum absolute atomic E-state index is 12.2. The number of rotatable bonds is 7. The van der Waals surface area contributed by atoms with Crippen molar-refractivity contribution in [2.24, 2.45) is 5.92 Å². The van der Waals surface area contributed by atoms with Crippen molar-refractivity contribution in [1.82, 2.24) is 24.7 Å². The molecule has 0 saturated carbocycles. The molecule has 0 radical (unpaired) electrons. The van der Waals surface area contributed by atoms with Crippen LogP contribution in [0.5, 0.6) is 0 Å². The molecule has 2 fully saturated rings. The van der Waals surface area contributed by atoms with E-state index in [0.29, 0.717) is 11.9 Å². The second-order valence-electron chi connectivity index (χ2n) is 10.2. The van der Waals surface area contributed by atoms with Crippen molar-refractivity contribution >= 4 is 41.2 Å². The molecule has 0 aliphatic carbocycles. The molecule has 0 unspecified atom stereocenters. The van der Waals surface area contributed by atoms with Crippen molar-refractivity contribution in [2.75, 3.05) is 81.6 Å². The van der Waals surface area contributed by atoms with Gasteiger partial charge in [0.2, 0.25) is 11.9 Å². The minimum absolute atomic E-state index is 0.0167. The molecule has 10 nitrogen and oxygen atoms in total. The second-order valence-corrected chi connectivity index (χ2v) is 10.2. The molecule has 200 valence electrons. The van der Waals surface area contributed by atoms with Crippen LogP contribution in [-0.4, -0.2) is 103 Å². The van der Waals surface area contributed by atoms with Gasteiger partial charge < -0.3 is 29.8 Å². The van der Waals surface area contributed by atoms with Gasteiger partial charge in [0, 0.05) is 89.6 Å².